The van der Waals surface area contributed by atoms with E-state index in [2.05, 4.69) is 20.4 Å². The molecule has 4 heterocycles. The zero-order valence-corrected chi connectivity index (χ0v) is 26.1. The van der Waals surface area contributed by atoms with Crippen molar-refractivity contribution < 1.29 is 18.7 Å². The molecule has 0 saturated carbocycles. The number of hydrogen-bond acceptors (Lipinski definition) is 9. The Labute approximate surface area is 268 Å². The number of aromatic nitrogens is 5. The number of pyridine rings is 1. The van der Waals surface area contributed by atoms with Gasteiger partial charge in [-0.05, 0) is 57.0 Å². The summed E-state index contributed by atoms with van der Waals surface area (Å²) in [5, 5.41) is 18.4. The third-order valence-corrected chi connectivity index (χ3v) is 8.10. The minimum absolute atomic E-state index is 0.0263. The van der Waals surface area contributed by atoms with Gasteiger partial charge in [0, 0.05) is 40.5 Å². The summed E-state index contributed by atoms with van der Waals surface area (Å²) in [6.45, 7) is 1.83. The Morgan fingerprint density at radius 1 is 1.20 bits per heavy atom. The van der Waals surface area contributed by atoms with Crippen molar-refractivity contribution in [3.8, 4) is 22.5 Å². The van der Waals surface area contributed by atoms with E-state index in [1.165, 1.54) is 54.4 Å². The summed E-state index contributed by atoms with van der Waals surface area (Å²) in [5.41, 5.74) is 6.47. The Morgan fingerprint density at radius 3 is 2.65 bits per heavy atom. The summed E-state index contributed by atoms with van der Waals surface area (Å²) in [6, 6.07) is 8.73. The Kier molecular flexibility index (Phi) is 9.24. The number of nitrogens with zero attached hydrogens (tertiary/aromatic N) is 6. The van der Waals surface area contributed by atoms with Crippen LogP contribution in [0.2, 0.25) is 5.02 Å². The third-order valence-electron chi connectivity index (χ3n) is 7.87. The summed E-state index contributed by atoms with van der Waals surface area (Å²) in [6.07, 6.45) is 6.86. The largest absolute Gasteiger partial charge is 0.398 e. The number of aliphatic hydroxyl groups is 1. The number of anilines is 2. The van der Waals surface area contributed by atoms with Crippen molar-refractivity contribution in [2.75, 3.05) is 10.3 Å². The van der Waals surface area contributed by atoms with Crippen molar-refractivity contribution in [1.82, 2.24) is 24.3 Å². The number of amides is 1. The fraction of sp³-hybridized carbons (Fsp3) is 0.323. The van der Waals surface area contributed by atoms with E-state index in [0.29, 0.717) is 51.5 Å². The van der Waals surface area contributed by atoms with Crippen molar-refractivity contribution in [2.24, 2.45) is 17.5 Å². The first kappa shape index (κ1) is 32.7. The second kappa shape index (κ2) is 13.0. The smallest absolute Gasteiger partial charge is 0.333 e. The van der Waals surface area contributed by atoms with E-state index in [0.717, 1.165) is 0 Å². The van der Waals surface area contributed by atoms with E-state index in [1.807, 2.05) is 0 Å². The molecule has 0 radical (unpaired) electrons. The maximum absolute atomic E-state index is 14.0. The van der Waals surface area contributed by atoms with Gasteiger partial charge in [-0.2, -0.15) is 13.9 Å². The molecular weight excluding hydrogens is 620 g/mol. The van der Waals surface area contributed by atoms with Gasteiger partial charge >= 0.3 is 6.55 Å². The van der Waals surface area contributed by atoms with Gasteiger partial charge in [0.15, 0.2) is 0 Å². The van der Waals surface area contributed by atoms with Crippen molar-refractivity contribution >= 4 is 28.9 Å². The fourth-order valence-corrected chi connectivity index (χ4v) is 5.38. The molecule has 46 heavy (non-hydrogen) atoms. The molecule has 6 N–H and O–H groups in total. The zero-order chi connectivity index (χ0) is 33.3. The number of nitrogens with two attached hydrogens (primary N) is 2. The molecule has 0 saturated heterocycles. The molecule has 1 aliphatic heterocycles. The highest BCUT2D eigenvalue weighted by Crippen LogP contribution is 2.35. The molecule has 242 valence electrons. The van der Waals surface area contributed by atoms with E-state index >= 15 is 0 Å². The average molecular weight is 654 g/mol. The van der Waals surface area contributed by atoms with Crippen LogP contribution in [0.15, 0.2) is 71.8 Å². The van der Waals surface area contributed by atoms with Crippen LogP contribution in [0, 0.1) is 5.92 Å². The monoisotopic (exact) mass is 653 g/mol. The van der Waals surface area contributed by atoms with Gasteiger partial charge in [0.25, 0.3) is 5.56 Å². The first-order chi connectivity index (χ1) is 21.7. The molecule has 3 aromatic heterocycles. The lowest BCUT2D eigenvalue weighted by molar-refractivity contribution is -0.119. The van der Waals surface area contributed by atoms with Crippen LogP contribution in [0.1, 0.15) is 58.3 Å². The van der Waals surface area contributed by atoms with E-state index in [1.54, 1.807) is 37.3 Å². The van der Waals surface area contributed by atoms with Crippen LogP contribution in [0.3, 0.4) is 0 Å². The van der Waals surface area contributed by atoms with Gasteiger partial charge in [-0.3, -0.25) is 24.1 Å². The van der Waals surface area contributed by atoms with Crippen LogP contribution < -0.4 is 27.5 Å². The summed E-state index contributed by atoms with van der Waals surface area (Å²) < 4.78 is 29.9. The normalized spacial score (nSPS) is 17.6. The third kappa shape index (κ3) is 6.78. The van der Waals surface area contributed by atoms with Gasteiger partial charge in [-0.15, -0.1) is 0 Å². The number of fused-ring (bicyclic) bond motifs is 4. The zero-order valence-electron chi connectivity index (χ0n) is 25.4. The van der Waals surface area contributed by atoms with Crippen molar-refractivity contribution in [2.45, 2.75) is 58.2 Å². The highest BCUT2D eigenvalue weighted by Gasteiger charge is 2.26. The Balaban J connectivity index is 1.59. The molecule has 4 aromatic rings. The second-order valence-electron chi connectivity index (χ2n) is 11.7. The van der Waals surface area contributed by atoms with E-state index in [4.69, 9.17) is 23.2 Å². The van der Waals surface area contributed by atoms with Crippen molar-refractivity contribution in [1.29, 1.82) is 0 Å². The first-order valence-electron chi connectivity index (χ1n) is 14.5. The number of hydrazine groups is 1. The first-order valence-corrected chi connectivity index (χ1v) is 14.9. The molecule has 2 unspecified atom stereocenters. The number of carbonyl (C=O) groups excluding carboxylic acids is 1. The summed E-state index contributed by atoms with van der Waals surface area (Å²) >= 11 is 6.31. The number of benzene rings is 1. The Hall–Kier alpha value is -4.66. The Morgan fingerprint density at radius 2 is 1.96 bits per heavy atom. The molecule has 1 amide bonds. The summed E-state index contributed by atoms with van der Waals surface area (Å²) in [4.78, 5) is 35.8. The lowest BCUT2D eigenvalue weighted by Crippen LogP contribution is -2.33. The maximum Gasteiger partial charge on any atom is 0.333 e. The average Bonchev–Trinajstić information content (AvgIpc) is 3.42. The minimum atomic E-state index is -2.96. The Bertz CT molecular complexity index is 1850. The number of alkyl halides is 2. The highest BCUT2D eigenvalue weighted by molar-refractivity contribution is 6.31. The molecule has 1 aliphatic rings. The SMILES string of the molecule is CC1CCCC(n2cnc(-c3cc(Cl)ccc3N(N)/C=C(\N)C(C)(C)O)cc2=O)c2cc(ccn2)-c2c(cnn2C(F)F)NC1=O. The molecule has 2 atom stereocenters. The standard InChI is InChI=1S/C31H34ClF2N9O3/c1-17-5-4-6-25(22-11-18(9-10-37-22)28-23(40-29(17)45)14-39-43(28)30(33)34)41-16-38-21(13-27(41)44)20-12-19(32)7-8-24(20)42(36)15-26(35)31(2,3)46/h7-17,25,30,46H,4-6,35-36H2,1-3H3,(H,40,45)/b26-15-. The number of carbonyl (C=O) groups is 1. The molecule has 1 aromatic carbocycles. The quantitative estimate of drug-likeness (QED) is 0.168. The van der Waals surface area contributed by atoms with E-state index in [-0.39, 0.29) is 28.7 Å². The number of rotatable bonds is 6. The van der Waals surface area contributed by atoms with Crippen LogP contribution >= 0.6 is 11.6 Å². The molecule has 12 nitrogen and oxygen atoms in total. The van der Waals surface area contributed by atoms with Crippen LogP contribution in [-0.2, 0) is 4.79 Å². The molecular formula is C31H34ClF2N9O3. The van der Waals surface area contributed by atoms with Crippen molar-refractivity contribution in [3.63, 3.8) is 0 Å². The van der Waals surface area contributed by atoms with Gasteiger partial charge in [0.1, 0.15) is 0 Å². The lowest BCUT2D eigenvalue weighted by Gasteiger charge is -2.24. The summed E-state index contributed by atoms with van der Waals surface area (Å²) in [7, 11) is 0. The van der Waals surface area contributed by atoms with Crippen LogP contribution in [-0.4, -0.2) is 40.9 Å². The van der Waals surface area contributed by atoms with E-state index < -0.39 is 29.7 Å². The van der Waals surface area contributed by atoms with Gasteiger partial charge in [-0.25, -0.2) is 15.5 Å². The van der Waals surface area contributed by atoms with Gasteiger partial charge in [0.05, 0.1) is 58.3 Å². The lowest BCUT2D eigenvalue weighted by atomic mass is 9.97. The van der Waals surface area contributed by atoms with E-state index in [9.17, 15) is 23.5 Å². The number of hydrogen-bond donors (Lipinski definition) is 4. The number of halogens is 3. The molecule has 0 fully saturated rings. The molecule has 2 bridgehead atoms. The van der Waals surface area contributed by atoms with Gasteiger partial charge < -0.3 is 16.2 Å². The molecule has 15 heteroatoms. The predicted molar refractivity (Wildman–Crippen MR) is 171 cm³/mol. The van der Waals surface area contributed by atoms with Gasteiger partial charge in [-0.1, -0.05) is 24.9 Å². The van der Waals surface area contributed by atoms with Crippen LogP contribution in [0.25, 0.3) is 22.5 Å². The predicted octanol–water partition coefficient (Wildman–Crippen LogP) is 4.82. The minimum Gasteiger partial charge on any atom is -0.398 e. The molecule has 0 aliphatic carbocycles. The highest BCUT2D eigenvalue weighted by atomic mass is 35.5. The summed E-state index contributed by atoms with van der Waals surface area (Å²) in [5.74, 6) is 5.52. The van der Waals surface area contributed by atoms with Crippen LogP contribution in [0.5, 0.6) is 0 Å². The molecule has 5 rings (SSSR count). The van der Waals surface area contributed by atoms with Crippen molar-refractivity contribution in [3.05, 3.63) is 88.1 Å². The maximum atomic E-state index is 14.0. The number of nitrogens with one attached hydrogen (secondary N) is 1. The fourth-order valence-electron chi connectivity index (χ4n) is 5.21. The van der Waals surface area contributed by atoms with Crippen LogP contribution in [0.4, 0.5) is 20.2 Å². The molecule has 0 spiro atoms. The topological polar surface area (TPSA) is 170 Å². The van der Waals surface area contributed by atoms with Gasteiger partial charge in [0.2, 0.25) is 5.91 Å². The second-order valence-corrected chi connectivity index (χ2v) is 12.1.